The number of nitrogens with zero attached hydrogens (tertiary/aromatic N) is 2. The van der Waals surface area contributed by atoms with E-state index >= 15 is 8.78 Å². The van der Waals surface area contributed by atoms with Crippen LogP contribution in [-0.2, 0) is 0 Å². The molecule has 11 heteroatoms. The lowest BCUT2D eigenvalue weighted by molar-refractivity contribution is 0.0726. The molecule has 0 spiro atoms. The van der Waals surface area contributed by atoms with Crippen LogP contribution in [0.3, 0.4) is 0 Å². The SMILES string of the molecule is COc1cc2nccc(Oc3c(F)cc(NC(=O)NC4CC4)c(Cl)c3F)c2cc1C(=O)N(C1CC1)C1CC1. The second-order valence-electron chi connectivity index (χ2n) is 9.89. The van der Waals surface area contributed by atoms with E-state index in [1.807, 2.05) is 4.90 Å². The number of methoxy groups -OCH3 is 1. The number of hydrogen-bond acceptors (Lipinski definition) is 5. The number of nitrogens with one attached hydrogen (secondary N) is 2. The maximum atomic E-state index is 15.2. The molecule has 0 unspecified atom stereocenters. The summed E-state index contributed by atoms with van der Waals surface area (Å²) in [5.41, 5.74) is 0.531. The Morgan fingerprint density at radius 2 is 1.76 bits per heavy atom. The summed E-state index contributed by atoms with van der Waals surface area (Å²) >= 11 is 6.12. The van der Waals surface area contributed by atoms with Crippen LogP contribution in [0.1, 0.15) is 48.9 Å². The summed E-state index contributed by atoms with van der Waals surface area (Å²) in [6.07, 6.45) is 7.03. The maximum Gasteiger partial charge on any atom is 0.319 e. The quantitative estimate of drug-likeness (QED) is 0.340. The number of hydrogen-bond donors (Lipinski definition) is 2. The van der Waals surface area contributed by atoms with Gasteiger partial charge in [-0.3, -0.25) is 9.78 Å². The molecule has 3 aliphatic rings. The Balaban J connectivity index is 1.34. The third-order valence-corrected chi connectivity index (χ3v) is 7.23. The Bertz CT molecular complexity index is 1440. The number of benzene rings is 2. The Labute approximate surface area is 222 Å². The van der Waals surface area contributed by atoms with Crippen LogP contribution in [0.25, 0.3) is 10.9 Å². The van der Waals surface area contributed by atoms with Gasteiger partial charge in [0.05, 0.1) is 23.9 Å². The van der Waals surface area contributed by atoms with Crippen molar-refractivity contribution in [1.29, 1.82) is 0 Å². The molecule has 1 aromatic heterocycles. The molecule has 2 aromatic carbocycles. The van der Waals surface area contributed by atoms with Crippen LogP contribution in [-0.4, -0.2) is 47.1 Å². The van der Waals surface area contributed by atoms with Crippen molar-refractivity contribution < 1.29 is 27.8 Å². The standard InChI is InChI=1S/C27H25ClF2N4O4/c1-37-22-12-19-16(10-17(22)26(35)34(14-4-5-14)15-6-7-15)21(8-9-31-19)38-25-18(29)11-20(23(28)24(25)30)33-27(36)32-13-2-3-13/h8-15H,2-7H2,1H3,(H2,32,33,36). The third-order valence-electron chi connectivity index (χ3n) is 6.86. The highest BCUT2D eigenvalue weighted by Gasteiger charge is 2.43. The van der Waals surface area contributed by atoms with Gasteiger partial charge in [0.15, 0.2) is 17.4 Å². The first kappa shape index (κ1) is 24.7. The van der Waals surface area contributed by atoms with Gasteiger partial charge in [0.2, 0.25) is 0 Å². The minimum Gasteiger partial charge on any atom is -0.496 e. The van der Waals surface area contributed by atoms with Crippen molar-refractivity contribution in [2.75, 3.05) is 12.4 Å². The Morgan fingerprint density at radius 1 is 1.05 bits per heavy atom. The highest BCUT2D eigenvalue weighted by atomic mass is 35.5. The van der Waals surface area contributed by atoms with Crippen LogP contribution >= 0.6 is 11.6 Å². The molecule has 3 aliphatic carbocycles. The highest BCUT2D eigenvalue weighted by Crippen LogP contribution is 2.42. The summed E-state index contributed by atoms with van der Waals surface area (Å²) in [5.74, 6) is -2.68. The molecule has 198 valence electrons. The Kier molecular flexibility index (Phi) is 6.22. The molecule has 0 bridgehead atoms. The number of halogens is 3. The highest BCUT2D eigenvalue weighted by molar-refractivity contribution is 6.34. The number of carbonyl (C=O) groups excluding carboxylic acids is 2. The van der Waals surface area contributed by atoms with Crippen LogP contribution in [0.5, 0.6) is 17.2 Å². The van der Waals surface area contributed by atoms with Gasteiger partial charge in [0.1, 0.15) is 16.5 Å². The number of urea groups is 1. The van der Waals surface area contributed by atoms with Crippen LogP contribution in [0.15, 0.2) is 30.5 Å². The van der Waals surface area contributed by atoms with Gasteiger partial charge in [0.25, 0.3) is 5.91 Å². The molecule has 3 aromatic rings. The lowest BCUT2D eigenvalue weighted by atomic mass is 10.1. The van der Waals surface area contributed by atoms with Crippen LogP contribution < -0.4 is 20.1 Å². The van der Waals surface area contributed by atoms with E-state index in [4.69, 9.17) is 21.1 Å². The lowest BCUT2D eigenvalue weighted by Gasteiger charge is -2.23. The molecule has 6 rings (SSSR count). The summed E-state index contributed by atoms with van der Waals surface area (Å²) in [6, 6.07) is 5.46. The topological polar surface area (TPSA) is 92.8 Å². The van der Waals surface area contributed by atoms with Gasteiger partial charge in [-0.25, -0.2) is 13.6 Å². The van der Waals surface area contributed by atoms with Crippen molar-refractivity contribution in [3.05, 3.63) is 52.7 Å². The molecular weight excluding hydrogens is 518 g/mol. The van der Waals surface area contributed by atoms with Crippen molar-refractivity contribution in [2.24, 2.45) is 0 Å². The zero-order valence-electron chi connectivity index (χ0n) is 20.5. The summed E-state index contributed by atoms with van der Waals surface area (Å²) in [6.45, 7) is 0. The molecule has 1 heterocycles. The monoisotopic (exact) mass is 542 g/mol. The normalized spacial score (nSPS) is 16.7. The average molecular weight is 543 g/mol. The second-order valence-corrected chi connectivity index (χ2v) is 10.3. The van der Waals surface area contributed by atoms with E-state index in [9.17, 15) is 9.59 Å². The molecule has 3 amide bonds. The van der Waals surface area contributed by atoms with Gasteiger partial charge in [0, 0.05) is 41.8 Å². The van der Waals surface area contributed by atoms with E-state index in [1.165, 1.54) is 19.4 Å². The van der Waals surface area contributed by atoms with E-state index in [1.54, 1.807) is 12.1 Å². The van der Waals surface area contributed by atoms with E-state index in [0.717, 1.165) is 44.6 Å². The molecule has 0 atom stereocenters. The van der Waals surface area contributed by atoms with E-state index < -0.39 is 28.4 Å². The van der Waals surface area contributed by atoms with Crippen LogP contribution in [0.2, 0.25) is 5.02 Å². The summed E-state index contributed by atoms with van der Waals surface area (Å²) < 4.78 is 41.4. The zero-order valence-corrected chi connectivity index (χ0v) is 21.3. The van der Waals surface area contributed by atoms with E-state index in [-0.39, 0.29) is 35.5 Å². The number of aromatic nitrogens is 1. The largest absolute Gasteiger partial charge is 0.496 e. The molecule has 8 nitrogen and oxygen atoms in total. The van der Waals surface area contributed by atoms with Crippen molar-refractivity contribution in [3.8, 4) is 17.2 Å². The molecule has 38 heavy (non-hydrogen) atoms. The smallest absolute Gasteiger partial charge is 0.319 e. The van der Waals surface area contributed by atoms with Crippen LogP contribution in [0.4, 0.5) is 19.3 Å². The molecule has 3 saturated carbocycles. The predicted molar refractivity (Wildman–Crippen MR) is 137 cm³/mol. The molecular formula is C27H25ClF2N4O4. The number of anilines is 1. The van der Waals surface area contributed by atoms with Gasteiger partial charge in [-0.2, -0.15) is 0 Å². The first-order chi connectivity index (χ1) is 18.3. The van der Waals surface area contributed by atoms with Gasteiger partial charge in [-0.05, 0) is 50.7 Å². The molecule has 0 aliphatic heterocycles. The Hall–Kier alpha value is -3.66. The maximum absolute atomic E-state index is 15.2. The minimum atomic E-state index is -1.17. The van der Waals surface area contributed by atoms with Gasteiger partial charge >= 0.3 is 6.03 Å². The minimum absolute atomic E-state index is 0.0575. The summed E-state index contributed by atoms with van der Waals surface area (Å²) in [4.78, 5) is 31.8. The Morgan fingerprint density at radius 3 is 2.39 bits per heavy atom. The number of carbonyl (C=O) groups is 2. The van der Waals surface area contributed by atoms with E-state index in [0.29, 0.717) is 22.2 Å². The number of pyridine rings is 1. The average Bonchev–Trinajstić information content (AvgIpc) is 3.72. The number of amides is 3. The molecule has 0 saturated heterocycles. The summed E-state index contributed by atoms with van der Waals surface area (Å²) in [5, 5.41) is 4.92. The zero-order chi connectivity index (χ0) is 26.6. The fourth-order valence-electron chi connectivity index (χ4n) is 4.49. The van der Waals surface area contributed by atoms with Gasteiger partial charge < -0.3 is 25.0 Å². The fourth-order valence-corrected chi connectivity index (χ4v) is 4.68. The predicted octanol–water partition coefficient (Wildman–Crippen LogP) is 6.02. The molecule has 0 radical (unpaired) electrons. The summed E-state index contributed by atoms with van der Waals surface area (Å²) in [7, 11) is 1.48. The molecule has 3 fully saturated rings. The number of rotatable bonds is 8. The van der Waals surface area contributed by atoms with Crippen molar-refractivity contribution >= 4 is 40.1 Å². The van der Waals surface area contributed by atoms with E-state index in [2.05, 4.69) is 15.6 Å². The number of ether oxygens (including phenoxy) is 2. The van der Waals surface area contributed by atoms with Gasteiger partial charge in [-0.15, -0.1) is 0 Å². The first-order valence-corrected chi connectivity index (χ1v) is 12.9. The molecule has 2 N–H and O–H groups in total. The first-order valence-electron chi connectivity index (χ1n) is 12.6. The van der Waals surface area contributed by atoms with Crippen molar-refractivity contribution in [2.45, 2.75) is 56.7 Å². The lowest BCUT2D eigenvalue weighted by Crippen LogP contribution is -2.35. The second kappa shape index (κ2) is 9.58. The van der Waals surface area contributed by atoms with Gasteiger partial charge in [-0.1, -0.05) is 11.6 Å². The number of fused-ring (bicyclic) bond motifs is 1. The fraction of sp³-hybridized carbons (Fsp3) is 0.370. The third kappa shape index (κ3) is 4.80. The van der Waals surface area contributed by atoms with Crippen molar-refractivity contribution in [3.63, 3.8) is 0 Å². The van der Waals surface area contributed by atoms with Crippen molar-refractivity contribution in [1.82, 2.24) is 15.2 Å². The van der Waals surface area contributed by atoms with Crippen LogP contribution in [0, 0.1) is 11.6 Å².